The van der Waals surface area contributed by atoms with Crippen molar-refractivity contribution in [3.8, 4) is 0 Å². The number of aryl methyl sites for hydroxylation is 1. The number of nitrogens with zero attached hydrogens (tertiary/aromatic N) is 4. The molecule has 0 bridgehead atoms. The maximum Gasteiger partial charge on any atom is 0.165 e. The predicted molar refractivity (Wildman–Crippen MR) is 77.2 cm³/mol. The van der Waals surface area contributed by atoms with Gasteiger partial charge in [0.15, 0.2) is 5.82 Å². The van der Waals surface area contributed by atoms with Gasteiger partial charge in [-0.15, -0.1) is 16.4 Å². The molecular weight excluding hydrogens is 258 g/mol. The van der Waals surface area contributed by atoms with Gasteiger partial charge >= 0.3 is 0 Å². The third-order valence-electron chi connectivity index (χ3n) is 2.89. The van der Waals surface area contributed by atoms with Gasteiger partial charge in [-0.1, -0.05) is 6.92 Å². The summed E-state index contributed by atoms with van der Waals surface area (Å²) in [6.45, 7) is 10.0. The molecule has 104 valence electrons. The molecule has 0 fully saturated rings. The van der Waals surface area contributed by atoms with E-state index in [0.717, 1.165) is 18.8 Å². The first-order valence-corrected chi connectivity index (χ1v) is 7.43. The van der Waals surface area contributed by atoms with Gasteiger partial charge in [0.2, 0.25) is 0 Å². The van der Waals surface area contributed by atoms with Gasteiger partial charge in [-0.25, -0.2) is 4.68 Å². The molecule has 0 aromatic carbocycles. The Morgan fingerprint density at radius 2 is 2.16 bits per heavy atom. The van der Waals surface area contributed by atoms with Crippen LogP contribution in [-0.2, 0) is 19.5 Å². The molecule has 0 spiro atoms. The lowest BCUT2D eigenvalue weighted by atomic mass is 10.1. The van der Waals surface area contributed by atoms with E-state index in [9.17, 15) is 0 Å². The zero-order valence-electron chi connectivity index (χ0n) is 12.0. The zero-order valence-corrected chi connectivity index (χ0v) is 12.8. The fourth-order valence-electron chi connectivity index (χ4n) is 1.77. The SMILES string of the molecule is CCc1ccsc1Cn1nnnc1CNC(C)(C)C. The summed E-state index contributed by atoms with van der Waals surface area (Å²) in [5.74, 6) is 0.880. The van der Waals surface area contributed by atoms with Gasteiger partial charge in [0, 0.05) is 10.4 Å². The number of hydrogen-bond acceptors (Lipinski definition) is 5. The van der Waals surface area contributed by atoms with Crippen LogP contribution < -0.4 is 5.32 Å². The highest BCUT2D eigenvalue weighted by Gasteiger charge is 2.13. The minimum Gasteiger partial charge on any atom is -0.305 e. The van der Waals surface area contributed by atoms with E-state index in [2.05, 4.69) is 60.0 Å². The van der Waals surface area contributed by atoms with Gasteiger partial charge in [-0.3, -0.25) is 0 Å². The second-order valence-corrected chi connectivity index (χ2v) is 6.58. The van der Waals surface area contributed by atoms with Crippen molar-refractivity contribution in [3.05, 3.63) is 27.7 Å². The molecule has 0 saturated carbocycles. The summed E-state index contributed by atoms with van der Waals surface area (Å²) >= 11 is 1.77. The number of tetrazole rings is 1. The number of nitrogens with one attached hydrogen (secondary N) is 1. The highest BCUT2D eigenvalue weighted by Crippen LogP contribution is 2.18. The molecule has 0 aliphatic rings. The Morgan fingerprint density at radius 1 is 1.37 bits per heavy atom. The second kappa shape index (κ2) is 5.79. The number of aromatic nitrogens is 4. The number of thiophene rings is 1. The fraction of sp³-hybridized carbons (Fsp3) is 0.615. The highest BCUT2D eigenvalue weighted by molar-refractivity contribution is 7.10. The van der Waals surface area contributed by atoms with E-state index >= 15 is 0 Å². The Morgan fingerprint density at radius 3 is 2.84 bits per heavy atom. The van der Waals surface area contributed by atoms with Gasteiger partial charge in [-0.05, 0) is 54.6 Å². The largest absolute Gasteiger partial charge is 0.305 e. The third kappa shape index (κ3) is 3.84. The summed E-state index contributed by atoms with van der Waals surface area (Å²) in [4.78, 5) is 1.34. The van der Waals surface area contributed by atoms with Gasteiger partial charge in [0.1, 0.15) is 0 Å². The molecule has 2 aromatic rings. The summed E-state index contributed by atoms with van der Waals surface area (Å²) < 4.78 is 1.88. The van der Waals surface area contributed by atoms with Crippen molar-refractivity contribution in [2.24, 2.45) is 0 Å². The first-order valence-electron chi connectivity index (χ1n) is 6.55. The summed E-state index contributed by atoms with van der Waals surface area (Å²) in [6, 6.07) is 2.18. The summed E-state index contributed by atoms with van der Waals surface area (Å²) in [5, 5.41) is 17.5. The van der Waals surface area contributed by atoms with Crippen LogP contribution >= 0.6 is 11.3 Å². The molecule has 0 unspecified atom stereocenters. The van der Waals surface area contributed by atoms with Gasteiger partial charge in [0.25, 0.3) is 0 Å². The average Bonchev–Trinajstić information content (AvgIpc) is 2.95. The number of hydrogen-bond donors (Lipinski definition) is 1. The molecule has 5 nitrogen and oxygen atoms in total. The van der Waals surface area contributed by atoms with Crippen molar-refractivity contribution in [1.82, 2.24) is 25.5 Å². The molecule has 0 radical (unpaired) electrons. The van der Waals surface area contributed by atoms with Crippen LogP contribution in [0.5, 0.6) is 0 Å². The molecular formula is C13H21N5S. The zero-order chi connectivity index (χ0) is 13.9. The van der Waals surface area contributed by atoms with Crippen molar-refractivity contribution in [2.45, 2.75) is 52.7 Å². The Bertz CT molecular complexity index is 523. The normalized spacial score (nSPS) is 12.0. The molecule has 0 aliphatic heterocycles. The molecule has 2 aromatic heterocycles. The van der Waals surface area contributed by atoms with Crippen molar-refractivity contribution in [3.63, 3.8) is 0 Å². The van der Waals surface area contributed by atoms with Gasteiger partial charge < -0.3 is 5.32 Å². The van der Waals surface area contributed by atoms with Crippen LogP contribution in [0, 0.1) is 0 Å². The van der Waals surface area contributed by atoms with Gasteiger partial charge in [0.05, 0.1) is 13.1 Å². The van der Waals surface area contributed by atoms with E-state index in [0.29, 0.717) is 6.54 Å². The van der Waals surface area contributed by atoms with Crippen LogP contribution in [0.15, 0.2) is 11.4 Å². The van der Waals surface area contributed by atoms with Crippen LogP contribution in [0.4, 0.5) is 0 Å². The van der Waals surface area contributed by atoms with Crippen molar-refractivity contribution >= 4 is 11.3 Å². The lowest BCUT2D eigenvalue weighted by Crippen LogP contribution is -2.36. The molecule has 0 aliphatic carbocycles. The van der Waals surface area contributed by atoms with E-state index in [4.69, 9.17) is 0 Å². The predicted octanol–water partition coefficient (Wildman–Crippen LogP) is 2.23. The van der Waals surface area contributed by atoms with E-state index in [1.807, 2.05) is 4.68 Å². The van der Waals surface area contributed by atoms with Crippen LogP contribution in [-0.4, -0.2) is 25.7 Å². The van der Waals surface area contributed by atoms with Crippen LogP contribution in [0.3, 0.4) is 0 Å². The molecule has 19 heavy (non-hydrogen) atoms. The minimum atomic E-state index is 0.0638. The van der Waals surface area contributed by atoms with E-state index < -0.39 is 0 Å². The van der Waals surface area contributed by atoms with E-state index in [-0.39, 0.29) is 5.54 Å². The first-order chi connectivity index (χ1) is 8.99. The van der Waals surface area contributed by atoms with Crippen LogP contribution in [0.25, 0.3) is 0 Å². The molecule has 6 heteroatoms. The summed E-state index contributed by atoms with van der Waals surface area (Å²) in [7, 11) is 0. The van der Waals surface area contributed by atoms with E-state index in [1.165, 1.54) is 10.4 Å². The summed E-state index contributed by atoms with van der Waals surface area (Å²) in [5.41, 5.74) is 1.45. The Kier molecular flexibility index (Phi) is 4.31. The monoisotopic (exact) mass is 279 g/mol. The standard InChI is InChI=1S/C13H21N5S/c1-5-10-6-7-19-11(10)9-18-12(15-16-17-18)8-14-13(2,3)4/h6-7,14H,5,8-9H2,1-4H3. The second-order valence-electron chi connectivity index (χ2n) is 5.58. The minimum absolute atomic E-state index is 0.0638. The lowest BCUT2D eigenvalue weighted by Gasteiger charge is -2.19. The van der Waals surface area contributed by atoms with Crippen molar-refractivity contribution in [1.29, 1.82) is 0 Å². The smallest absolute Gasteiger partial charge is 0.165 e. The maximum absolute atomic E-state index is 4.10. The molecule has 2 rings (SSSR count). The maximum atomic E-state index is 4.10. The molecule has 2 heterocycles. The quantitative estimate of drug-likeness (QED) is 0.912. The summed E-state index contributed by atoms with van der Waals surface area (Å²) in [6.07, 6.45) is 1.05. The Balaban J connectivity index is 2.07. The fourth-order valence-corrected chi connectivity index (χ4v) is 2.73. The van der Waals surface area contributed by atoms with Crippen molar-refractivity contribution < 1.29 is 0 Å². The Labute approximate surface area is 118 Å². The van der Waals surface area contributed by atoms with Gasteiger partial charge in [-0.2, -0.15) is 0 Å². The number of rotatable bonds is 5. The molecule has 0 atom stereocenters. The highest BCUT2D eigenvalue weighted by atomic mass is 32.1. The average molecular weight is 279 g/mol. The van der Waals surface area contributed by atoms with Crippen LogP contribution in [0.1, 0.15) is 44.0 Å². The molecule has 0 amide bonds. The third-order valence-corrected chi connectivity index (χ3v) is 3.84. The Hall–Kier alpha value is -1.27. The molecule has 1 N–H and O–H groups in total. The lowest BCUT2D eigenvalue weighted by molar-refractivity contribution is 0.410. The van der Waals surface area contributed by atoms with E-state index in [1.54, 1.807) is 11.3 Å². The van der Waals surface area contributed by atoms with Crippen LogP contribution in [0.2, 0.25) is 0 Å². The topological polar surface area (TPSA) is 55.6 Å². The molecule has 0 saturated heterocycles. The first kappa shape index (κ1) is 14.1. The van der Waals surface area contributed by atoms with Crippen molar-refractivity contribution in [2.75, 3.05) is 0 Å².